The van der Waals surface area contributed by atoms with Crippen molar-refractivity contribution < 1.29 is 14.6 Å². The average molecular weight is 247 g/mol. The third-order valence-corrected chi connectivity index (χ3v) is 2.95. The molecule has 4 heteroatoms. The van der Waals surface area contributed by atoms with E-state index in [0.29, 0.717) is 18.0 Å². The van der Waals surface area contributed by atoms with Crippen LogP contribution in [0.25, 0.3) is 0 Å². The van der Waals surface area contributed by atoms with E-state index in [1.165, 1.54) is 0 Å². The Balaban J connectivity index is 1.97. The van der Waals surface area contributed by atoms with E-state index in [1.54, 1.807) is 12.1 Å². The molecule has 2 unspecified atom stereocenters. The molecule has 1 aliphatic heterocycles. The molecule has 0 aromatic heterocycles. The summed E-state index contributed by atoms with van der Waals surface area (Å²) in [6, 6.07) is 5.43. The van der Waals surface area contributed by atoms with Crippen LogP contribution >= 0.6 is 0 Å². The van der Waals surface area contributed by atoms with Crippen molar-refractivity contribution >= 4 is 0 Å². The number of hydrogen-bond donors (Lipinski definition) is 2. The summed E-state index contributed by atoms with van der Waals surface area (Å²) in [5, 5.41) is 13.2. The minimum Gasteiger partial charge on any atom is -0.454 e. The van der Waals surface area contributed by atoms with Gasteiger partial charge in [0.15, 0.2) is 11.5 Å². The van der Waals surface area contributed by atoms with Gasteiger partial charge in [-0.2, -0.15) is 0 Å². The first-order chi connectivity index (χ1) is 8.74. The lowest BCUT2D eigenvalue weighted by molar-refractivity contribution is 0.169. The molecule has 0 bridgehead atoms. The highest BCUT2D eigenvalue weighted by Gasteiger charge is 2.16. The van der Waals surface area contributed by atoms with Gasteiger partial charge in [0, 0.05) is 6.54 Å². The van der Waals surface area contributed by atoms with E-state index < -0.39 is 6.10 Å². The molecule has 1 aliphatic rings. The van der Waals surface area contributed by atoms with E-state index in [2.05, 4.69) is 11.2 Å². The van der Waals surface area contributed by atoms with Crippen molar-refractivity contribution in [3.05, 3.63) is 23.8 Å². The Morgan fingerprint density at radius 2 is 2.22 bits per heavy atom. The van der Waals surface area contributed by atoms with Crippen molar-refractivity contribution in [2.75, 3.05) is 13.3 Å². The van der Waals surface area contributed by atoms with Crippen LogP contribution in [-0.4, -0.2) is 24.5 Å². The molecule has 0 saturated heterocycles. The molecule has 0 fully saturated rings. The lowest BCUT2D eigenvalue weighted by Crippen LogP contribution is -2.31. The van der Waals surface area contributed by atoms with Gasteiger partial charge in [-0.05, 0) is 24.1 Å². The second-order valence-electron chi connectivity index (χ2n) is 4.16. The molecule has 0 spiro atoms. The summed E-state index contributed by atoms with van der Waals surface area (Å²) in [7, 11) is 0. The minimum absolute atomic E-state index is 0.00587. The van der Waals surface area contributed by atoms with Gasteiger partial charge in [-0.25, -0.2) is 0 Å². The van der Waals surface area contributed by atoms with Crippen LogP contribution in [0, 0.1) is 12.3 Å². The Morgan fingerprint density at radius 3 is 2.94 bits per heavy atom. The van der Waals surface area contributed by atoms with Gasteiger partial charge in [0.1, 0.15) is 0 Å². The monoisotopic (exact) mass is 247 g/mol. The summed E-state index contributed by atoms with van der Waals surface area (Å²) in [5.41, 5.74) is 0.790. The van der Waals surface area contributed by atoms with Crippen molar-refractivity contribution in [2.24, 2.45) is 0 Å². The standard InChI is InChI=1S/C14H17NO3/c1-3-11(4-2)15-8-12(16)10-5-6-13-14(7-10)18-9-17-13/h1,5-7,11-12,15-16H,4,8-9H2,2H3. The second-order valence-corrected chi connectivity index (χ2v) is 4.16. The van der Waals surface area contributed by atoms with Crippen LogP contribution in [0.15, 0.2) is 18.2 Å². The van der Waals surface area contributed by atoms with Gasteiger partial charge in [0.05, 0.1) is 12.1 Å². The van der Waals surface area contributed by atoms with Crippen LogP contribution in [0.2, 0.25) is 0 Å². The summed E-state index contributed by atoms with van der Waals surface area (Å²) in [5.74, 6) is 4.03. The van der Waals surface area contributed by atoms with Crippen LogP contribution in [0.4, 0.5) is 0 Å². The number of aliphatic hydroxyl groups is 1. The van der Waals surface area contributed by atoms with Crippen molar-refractivity contribution in [1.29, 1.82) is 0 Å². The summed E-state index contributed by atoms with van der Waals surface area (Å²) in [4.78, 5) is 0. The Kier molecular flexibility index (Phi) is 4.08. The SMILES string of the molecule is C#CC(CC)NCC(O)c1ccc2c(c1)OCO2. The van der Waals surface area contributed by atoms with Crippen molar-refractivity contribution in [3.63, 3.8) is 0 Å². The smallest absolute Gasteiger partial charge is 0.231 e. The van der Waals surface area contributed by atoms with Crippen LogP contribution in [0.5, 0.6) is 11.5 Å². The average Bonchev–Trinajstić information content (AvgIpc) is 2.86. The maximum Gasteiger partial charge on any atom is 0.231 e. The summed E-state index contributed by atoms with van der Waals surface area (Å²) in [6.07, 6.45) is 5.58. The van der Waals surface area contributed by atoms with E-state index in [1.807, 2.05) is 13.0 Å². The van der Waals surface area contributed by atoms with Gasteiger partial charge in [-0.1, -0.05) is 18.9 Å². The quantitative estimate of drug-likeness (QED) is 0.773. The summed E-state index contributed by atoms with van der Waals surface area (Å²) >= 11 is 0. The van der Waals surface area contributed by atoms with E-state index in [9.17, 15) is 5.11 Å². The van der Waals surface area contributed by atoms with Gasteiger partial charge in [-0.15, -0.1) is 6.42 Å². The Morgan fingerprint density at radius 1 is 1.44 bits per heavy atom. The zero-order valence-electron chi connectivity index (χ0n) is 10.3. The number of benzene rings is 1. The Bertz CT molecular complexity index is 453. The number of rotatable bonds is 5. The van der Waals surface area contributed by atoms with E-state index in [0.717, 1.165) is 12.0 Å². The molecule has 18 heavy (non-hydrogen) atoms. The maximum absolute atomic E-state index is 10.1. The zero-order valence-corrected chi connectivity index (χ0v) is 10.3. The first kappa shape index (κ1) is 12.7. The first-order valence-electron chi connectivity index (χ1n) is 6.01. The molecule has 2 N–H and O–H groups in total. The van der Waals surface area contributed by atoms with Crippen LogP contribution < -0.4 is 14.8 Å². The molecule has 1 aromatic carbocycles. The van der Waals surface area contributed by atoms with Crippen molar-refractivity contribution in [2.45, 2.75) is 25.5 Å². The van der Waals surface area contributed by atoms with Gasteiger partial charge < -0.3 is 19.9 Å². The lowest BCUT2D eigenvalue weighted by Gasteiger charge is -2.15. The fourth-order valence-corrected chi connectivity index (χ4v) is 1.81. The molecule has 1 heterocycles. The molecule has 0 radical (unpaired) electrons. The van der Waals surface area contributed by atoms with Crippen LogP contribution in [0.1, 0.15) is 25.0 Å². The molecular weight excluding hydrogens is 230 g/mol. The molecule has 0 saturated carbocycles. The highest BCUT2D eigenvalue weighted by atomic mass is 16.7. The Labute approximate surface area is 107 Å². The molecule has 2 rings (SSSR count). The predicted molar refractivity (Wildman–Crippen MR) is 68.4 cm³/mol. The second kappa shape index (κ2) is 5.76. The topological polar surface area (TPSA) is 50.7 Å². The van der Waals surface area contributed by atoms with Crippen LogP contribution in [-0.2, 0) is 0 Å². The van der Waals surface area contributed by atoms with Gasteiger partial charge >= 0.3 is 0 Å². The lowest BCUT2D eigenvalue weighted by atomic mass is 10.1. The minimum atomic E-state index is -0.609. The Hall–Kier alpha value is -1.70. The number of nitrogens with one attached hydrogen (secondary N) is 1. The first-order valence-corrected chi connectivity index (χ1v) is 6.01. The van der Waals surface area contributed by atoms with E-state index >= 15 is 0 Å². The number of terminal acetylenes is 1. The third kappa shape index (κ3) is 2.76. The maximum atomic E-state index is 10.1. The number of hydrogen-bond acceptors (Lipinski definition) is 4. The zero-order chi connectivity index (χ0) is 13.0. The van der Waals surface area contributed by atoms with Crippen molar-refractivity contribution in [1.82, 2.24) is 5.32 Å². The fourth-order valence-electron chi connectivity index (χ4n) is 1.81. The highest BCUT2D eigenvalue weighted by molar-refractivity contribution is 5.45. The van der Waals surface area contributed by atoms with Crippen LogP contribution in [0.3, 0.4) is 0 Å². The number of ether oxygens (including phenoxy) is 2. The molecule has 2 atom stereocenters. The normalized spacial score (nSPS) is 16.1. The molecule has 0 amide bonds. The summed E-state index contributed by atoms with van der Waals surface area (Å²) < 4.78 is 10.5. The van der Waals surface area contributed by atoms with Crippen molar-refractivity contribution in [3.8, 4) is 23.8 Å². The van der Waals surface area contributed by atoms with Gasteiger partial charge in [-0.3, -0.25) is 0 Å². The summed E-state index contributed by atoms with van der Waals surface area (Å²) in [6.45, 7) is 2.66. The van der Waals surface area contributed by atoms with E-state index in [-0.39, 0.29) is 12.8 Å². The van der Waals surface area contributed by atoms with E-state index in [4.69, 9.17) is 15.9 Å². The molecule has 1 aromatic rings. The fraction of sp³-hybridized carbons (Fsp3) is 0.429. The largest absolute Gasteiger partial charge is 0.454 e. The molecule has 0 aliphatic carbocycles. The van der Waals surface area contributed by atoms with Gasteiger partial charge in [0.25, 0.3) is 0 Å². The van der Waals surface area contributed by atoms with Gasteiger partial charge in [0.2, 0.25) is 6.79 Å². The predicted octanol–water partition coefficient (Wildman–Crippen LogP) is 1.45. The molecule has 4 nitrogen and oxygen atoms in total. The molecule has 96 valence electrons. The number of aliphatic hydroxyl groups excluding tert-OH is 1. The highest BCUT2D eigenvalue weighted by Crippen LogP contribution is 2.34. The number of fused-ring (bicyclic) bond motifs is 1. The third-order valence-electron chi connectivity index (χ3n) is 2.95. The molecular formula is C14H17NO3.